The summed E-state index contributed by atoms with van der Waals surface area (Å²) in [5.41, 5.74) is 0. The average Bonchev–Trinajstić information content (AvgIpc) is 2.37. The van der Waals surface area contributed by atoms with Gasteiger partial charge >= 0.3 is 5.97 Å². The van der Waals surface area contributed by atoms with E-state index in [4.69, 9.17) is 4.74 Å². The summed E-state index contributed by atoms with van der Waals surface area (Å²) in [6.07, 6.45) is 13.5. The normalized spacial score (nSPS) is 10.6. The van der Waals surface area contributed by atoms with Gasteiger partial charge in [0.2, 0.25) is 0 Å². The fourth-order valence-electron chi connectivity index (χ4n) is 1.94. The maximum atomic E-state index is 11.4. The molecule has 0 aromatic rings. The Morgan fingerprint density at radius 2 is 1.50 bits per heavy atom. The van der Waals surface area contributed by atoms with Crippen LogP contribution in [-0.2, 0) is 9.53 Å². The van der Waals surface area contributed by atoms with Crippen LogP contribution in [0.15, 0.2) is 0 Å². The van der Waals surface area contributed by atoms with E-state index in [0.717, 1.165) is 25.7 Å². The highest BCUT2D eigenvalue weighted by Crippen LogP contribution is 2.07. The Bertz CT molecular complexity index is 178. The molecule has 107 valence electrons. The first-order chi connectivity index (χ1) is 8.81. The van der Waals surface area contributed by atoms with Gasteiger partial charge in [0.05, 0.1) is 6.61 Å². The van der Waals surface area contributed by atoms with E-state index in [1.165, 1.54) is 44.9 Å². The van der Waals surface area contributed by atoms with Gasteiger partial charge in [-0.05, 0) is 12.8 Å². The van der Waals surface area contributed by atoms with Crippen LogP contribution in [0.2, 0.25) is 0 Å². The standard InChI is InChI=1S/C16H31O2/c1-3-5-7-9-11-13-15-18-16(17)14-12-10-8-6-4-2/h2-15H2,1H3. The molecule has 0 aliphatic heterocycles. The largest absolute Gasteiger partial charge is 0.466 e. The van der Waals surface area contributed by atoms with E-state index in [1.807, 2.05) is 0 Å². The quantitative estimate of drug-likeness (QED) is 0.339. The molecule has 0 fully saturated rings. The minimum atomic E-state index is -0.0156. The van der Waals surface area contributed by atoms with Gasteiger partial charge in [-0.2, -0.15) is 0 Å². The molecule has 0 aromatic carbocycles. The molecule has 0 N–H and O–H groups in total. The molecule has 0 heterocycles. The van der Waals surface area contributed by atoms with Crippen LogP contribution in [-0.4, -0.2) is 12.6 Å². The summed E-state index contributed by atoms with van der Waals surface area (Å²) in [7, 11) is 0. The smallest absolute Gasteiger partial charge is 0.305 e. The van der Waals surface area contributed by atoms with Crippen molar-refractivity contribution in [2.24, 2.45) is 0 Å². The summed E-state index contributed by atoms with van der Waals surface area (Å²) < 4.78 is 5.20. The van der Waals surface area contributed by atoms with Crippen LogP contribution in [0.5, 0.6) is 0 Å². The molecule has 2 nitrogen and oxygen atoms in total. The third-order valence-electron chi connectivity index (χ3n) is 3.14. The van der Waals surface area contributed by atoms with Crippen LogP contribution in [0.1, 0.15) is 84.0 Å². The number of unbranched alkanes of at least 4 members (excludes halogenated alkanes) is 9. The summed E-state index contributed by atoms with van der Waals surface area (Å²) in [5.74, 6) is -0.0156. The van der Waals surface area contributed by atoms with Crippen molar-refractivity contribution in [3.05, 3.63) is 6.92 Å². The van der Waals surface area contributed by atoms with Crippen molar-refractivity contribution >= 4 is 5.97 Å². The maximum absolute atomic E-state index is 11.4. The summed E-state index contributed by atoms with van der Waals surface area (Å²) >= 11 is 0. The monoisotopic (exact) mass is 255 g/mol. The van der Waals surface area contributed by atoms with E-state index >= 15 is 0 Å². The Hall–Kier alpha value is -0.530. The Labute approximate surface area is 113 Å². The highest BCUT2D eigenvalue weighted by molar-refractivity contribution is 5.69. The fraction of sp³-hybridized carbons (Fsp3) is 0.875. The zero-order chi connectivity index (χ0) is 13.5. The number of esters is 1. The SMILES string of the molecule is [CH2]CCCCCCC(=O)OCCCCCCCC. The molecule has 2 heteroatoms. The van der Waals surface area contributed by atoms with E-state index < -0.39 is 0 Å². The lowest BCUT2D eigenvalue weighted by Crippen LogP contribution is -2.05. The topological polar surface area (TPSA) is 26.3 Å². The Morgan fingerprint density at radius 1 is 0.889 bits per heavy atom. The summed E-state index contributed by atoms with van der Waals surface area (Å²) in [5, 5.41) is 0. The van der Waals surface area contributed by atoms with Crippen LogP contribution >= 0.6 is 0 Å². The predicted molar refractivity (Wildman–Crippen MR) is 77.4 cm³/mol. The highest BCUT2D eigenvalue weighted by atomic mass is 16.5. The van der Waals surface area contributed by atoms with E-state index in [-0.39, 0.29) is 5.97 Å². The van der Waals surface area contributed by atoms with Gasteiger partial charge in [-0.3, -0.25) is 4.79 Å². The molecule has 0 atom stereocenters. The molecule has 0 spiro atoms. The molecule has 1 radical (unpaired) electrons. The van der Waals surface area contributed by atoms with Gasteiger partial charge in [-0.15, -0.1) is 0 Å². The van der Waals surface area contributed by atoms with E-state index in [0.29, 0.717) is 13.0 Å². The molecule has 0 rings (SSSR count). The number of carbonyl (C=O) groups is 1. The number of hydrogen-bond acceptors (Lipinski definition) is 2. The van der Waals surface area contributed by atoms with Gasteiger partial charge in [0.25, 0.3) is 0 Å². The third kappa shape index (κ3) is 13.5. The zero-order valence-corrected chi connectivity index (χ0v) is 12.2. The highest BCUT2D eigenvalue weighted by Gasteiger charge is 2.01. The van der Waals surface area contributed by atoms with Gasteiger partial charge in [0.15, 0.2) is 0 Å². The first-order valence-electron chi connectivity index (χ1n) is 7.76. The lowest BCUT2D eigenvalue weighted by atomic mass is 10.1. The van der Waals surface area contributed by atoms with E-state index in [1.54, 1.807) is 0 Å². The Morgan fingerprint density at radius 3 is 2.22 bits per heavy atom. The Kier molecular flexibility index (Phi) is 14.1. The first-order valence-corrected chi connectivity index (χ1v) is 7.76. The van der Waals surface area contributed by atoms with Crippen molar-refractivity contribution in [3.8, 4) is 0 Å². The number of carbonyl (C=O) groups excluding carboxylic acids is 1. The molecule has 0 bridgehead atoms. The lowest BCUT2D eigenvalue weighted by Gasteiger charge is -2.04. The second-order valence-electron chi connectivity index (χ2n) is 5.01. The van der Waals surface area contributed by atoms with Gasteiger partial charge in [-0.25, -0.2) is 0 Å². The molecule has 0 saturated carbocycles. The minimum Gasteiger partial charge on any atom is -0.466 e. The minimum absolute atomic E-state index is 0.0156. The number of rotatable bonds is 13. The number of ether oxygens (including phenoxy) is 1. The van der Waals surface area contributed by atoms with Crippen molar-refractivity contribution in [2.75, 3.05) is 6.61 Å². The van der Waals surface area contributed by atoms with Crippen LogP contribution in [0.4, 0.5) is 0 Å². The van der Waals surface area contributed by atoms with E-state index in [2.05, 4.69) is 13.8 Å². The molecule has 0 aliphatic rings. The van der Waals surface area contributed by atoms with Gasteiger partial charge in [0, 0.05) is 6.42 Å². The third-order valence-corrected chi connectivity index (χ3v) is 3.14. The van der Waals surface area contributed by atoms with Crippen LogP contribution in [0.25, 0.3) is 0 Å². The molecule has 0 amide bonds. The summed E-state index contributed by atoms with van der Waals surface area (Å²) in [6, 6.07) is 0. The lowest BCUT2D eigenvalue weighted by molar-refractivity contribution is -0.143. The second kappa shape index (κ2) is 14.5. The second-order valence-corrected chi connectivity index (χ2v) is 5.01. The van der Waals surface area contributed by atoms with Crippen LogP contribution < -0.4 is 0 Å². The molecular formula is C16H31O2. The van der Waals surface area contributed by atoms with Crippen LogP contribution in [0, 0.1) is 6.92 Å². The van der Waals surface area contributed by atoms with Gasteiger partial charge in [-0.1, -0.05) is 71.6 Å². The molecule has 0 saturated heterocycles. The maximum Gasteiger partial charge on any atom is 0.305 e. The van der Waals surface area contributed by atoms with Crippen molar-refractivity contribution in [1.29, 1.82) is 0 Å². The van der Waals surface area contributed by atoms with Crippen molar-refractivity contribution < 1.29 is 9.53 Å². The fourth-order valence-corrected chi connectivity index (χ4v) is 1.94. The van der Waals surface area contributed by atoms with Crippen molar-refractivity contribution in [3.63, 3.8) is 0 Å². The summed E-state index contributed by atoms with van der Waals surface area (Å²) in [4.78, 5) is 11.4. The van der Waals surface area contributed by atoms with Gasteiger partial charge in [0.1, 0.15) is 0 Å². The van der Waals surface area contributed by atoms with Crippen molar-refractivity contribution in [1.82, 2.24) is 0 Å². The zero-order valence-electron chi connectivity index (χ0n) is 12.2. The summed E-state index contributed by atoms with van der Waals surface area (Å²) in [6.45, 7) is 6.64. The molecule has 0 aliphatic carbocycles. The van der Waals surface area contributed by atoms with Gasteiger partial charge < -0.3 is 4.74 Å². The first kappa shape index (κ1) is 17.5. The molecule has 0 unspecified atom stereocenters. The predicted octanol–water partition coefficient (Wildman–Crippen LogP) is 5.06. The molecule has 18 heavy (non-hydrogen) atoms. The molecular weight excluding hydrogens is 224 g/mol. The van der Waals surface area contributed by atoms with Crippen LogP contribution in [0.3, 0.4) is 0 Å². The molecule has 0 aromatic heterocycles. The van der Waals surface area contributed by atoms with Crippen molar-refractivity contribution in [2.45, 2.75) is 84.0 Å². The Balaban J connectivity index is 3.12. The van der Waals surface area contributed by atoms with E-state index in [9.17, 15) is 4.79 Å². The average molecular weight is 255 g/mol. The number of hydrogen-bond donors (Lipinski definition) is 0.